The van der Waals surface area contributed by atoms with Gasteiger partial charge in [-0.2, -0.15) is 0 Å². The van der Waals surface area contributed by atoms with E-state index in [9.17, 15) is 0 Å². The molecule has 1 atom stereocenters. The summed E-state index contributed by atoms with van der Waals surface area (Å²) in [7, 11) is 4.45. The van der Waals surface area contributed by atoms with Gasteiger partial charge in [0.2, 0.25) is 0 Å². The van der Waals surface area contributed by atoms with Gasteiger partial charge in [0.25, 0.3) is 0 Å². The van der Waals surface area contributed by atoms with Gasteiger partial charge in [-0.05, 0) is 32.2 Å². The van der Waals surface area contributed by atoms with Crippen molar-refractivity contribution in [2.24, 2.45) is 0 Å². The first-order chi connectivity index (χ1) is 6.90. The summed E-state index contributed by atoms with van der Waals surface area (Å²) in [4.78, 5) is 4.98. The molecule has 0 amide bonds. The average Bonchev–Trinajstić information content (AvgIpc) is 2.12. The minimum Gasteiger partial charge on any atom is -0.294 e. The van der Waals surface area contributed by atoms with E-state index in [1.807, 2.05) is 0 Å². The molecule has 0 aliphatic carbocycles. The number of hydrogen-bond acceptors (Lipinski definition) is 2. The van der Waals surface area contributed by atoms with E-state index in [-0.39, 0.29) is 9.52 Å². The fourth-order valence-electron chi connectivity index (χ4n) is 2.86. The molecule has 0 rings (SSSR count). The van der Waals surface area contributed by atoms with Crippen molar-refractivity contribution in [3.63, 3.8) is 0 Å². The van der Waals surface area contributed by atoms with Crippen LogP contribution in [-0.4, -0.2) is 52.7 Å². The first kappa shape index (κ1) is 15.1. The molecule has 0 aromatic rings. The Bertz CT molecular complexity index is 165. The maximum Gasteiger partial charge on any atom is 0.0639 e. The zero-order valence-corrected chi connectivity index (χ0v) is 13.2. The smallest absolute Gasteiger partial charge is 0.0639 e. The lowest BCUT2D eigenvalue weighted by Gasteiger charge is -2.45. The highest BCUT2D eigenvalue weighted by Gasteiger charge is 2.33. The van der Waals surface area contributed by atoms with Crippen molar-refractivity contribution < 1.29 is 0 Å². The van der Waals surface area contributed by atoms with E-state index >= 15 is 0 Å². The molecular weight excluding hydrogens is 200 g/mol. The van der Waals surface area contributed by atoms with Crippen LogP contribution in [0.2, 0.25) is 11.1 Å². The highest BCUT2D eigenvalue weighted by Crippen LogP contribution is 2.33. The van der Waals surface area contributed by atoms with Gasteiger partial charge in [0.05, 0.1) is 6.17 Å². The Morgan fingerprint density at radius 2 is 1.53 bits per heavy atom. The van der Waals surface area contributed by atoms with Gasteiger partial charge in [-0.15, -0.1) is 0 Å². The molecule has 0 saturated heterocycles. The van der Waals surface area contributed by atoms with E-state index in [0.29, 0.717) is 11.2 Å². The second-order valence-electron chi connectivity index (χ2n) is 5.30. The van der Waals surface area contributed by atoms with Crippen LogP contribution >= 0.6 is 0 Å². The second kappa shape index (κ2) is 6.66. The van der Waals surface area contributed by atoms with Crippen LogP contribution in [0, 0.1) is 0 Å². The zero-order chi connectivity index (χ0) is 12.1. The van der Waals surface area contributed by atoms with Gasteiger partial charge in [0.1, 0.15) is 0 Å². The van der Waals surface area contributed by atoms with E-state index in [1.165, 1.54) is 6.04 Å². The predicted octanol–water partition coefficient (Wildman–Crippen LogP) is 2.02. The Morgan fingerprint density at radius 3 is 1.80 bits per heavy atom. The van der Waals surface area contributed by atoms with Gasteiger partial charge in [0, 0.05) is 9.52 Å². The van der Waals surface area contributed by atoms with Gasteiger partial charge in [-0.3, -0.25) is 9.80 Å². The summed E-state index contributed by atoms with van der Waals surface area (Å²) in [6.45, 7) is 14.1. The van der Waals surface area contributed by atoms with Gasteiger partial charge < -0.3 is 0 Å². The highest BCUT2D eigenvalue weighted by molar-refractivity contribution is 6.39. The summed E-state index contributed by atoms with van der Waals surface area (Å²) < 4.78 is 0. The molecule has 0 aromatic heterocycles. The molecule has 0 heterocycles. The third kappa shape index (κ3) is 4.25. The van der Waals surface area contributed by atoms with Crippen LogP contribution in [0.1, 0.15) is 34.6 Å². The van der Waals surface area contributed by atoms with Crippen molar-refractivity contribution in [3.05, 3.63) is 0 Å². The van der Waals surface area contributed by atoms with E-state index < -0.39 is 0 Å². The standard InChI is InChI=1S/C12H30N2Si/c1-8-14(9-2)11(13(6)7)12(4,5)15-10-3/h11H,8-10,15H2,1-7H3. The van der Waals surface area contributed by atoms with Gasteiger partial charge in [0.15, 0.2) is 0 Å². The predicted molar refractivity (Wildman–Crippen MR) is 73.5 cm³/mol. The van der Waals surface area contributed by atoms with E-state index in [0.717, 1.165) is 13.1 Å². The van der Waals surface area contributed by atoms with Gasteiger partial charge >= 0.3 is 0 Å². The molecule has 92 valence electrons. The highest BCUT2D eigenvalue weighted by atomic mass is 28.2. The van der Waals surface area contributed by atoms with Crippen LogP contribution in [0.3, 0.4) is 0 Å². The van der Waals surface area contributed by atoms with Crippen LogP contribution in [0.25, 0.3) is 0 Å². The number of nitrogens with zero attached hydrogens (tertiary/aromatic N) is 2. The Kier molecular flexibility index (Phi) is 6.72. The SMILES string of the molecule is CC[SiH2]C(C)(C)C(N(C)C)N(CC)CC. The van der Waals surface area contributed by atoms with Crippen LogP contribution in [-0.2, 0) is 0 Å². The zero-order valence-electron chi connectivity index (χ0n) is 11.8. The van der Waals surface area contributed by atoms with Crippen molar-refractivity contribution in [1.82, 2.24) is 9.80 Å². The lowest BCUT2D eigenvalue weighted by Crippen LogP contribution is -2.52. The minimum atomic E-state index is 0.0146. The number of rotatable bonds is 7. The molecule has 0 saturated carbocycles. The van der Waals surface area contributed by atoms with Crippen molar-refractivity contribution in [2.45, 2.75) is 51.9 Å². The third-order valence-corrected chi connectivity index (χ3v) is 5.39. The molecule has 0 bridgehead atoms. The first-order valence-electron chi connectivity index (χ1n) is 6.31. The van der Waals surface area contributed by atoms with Crippen LogP contribution in [0.5, 0.6) is 0 Å². The molecule has 0 aromatic carbocycles. The second-order valence-corrected chi connectivity index (χ2v) is 8.62. The van der Waals surface area contributed by atoms with E-state index in [4.69, 9.17) is 0 Å². The molecule has 1 unspecified atom stereocenters. The third-order valence-electron chi connectivity index (χ3n) is 3.24. The maximum absolute atomic E-state index is 2.59. The average molecular weight is 230 g/mol. The molecule has 2 nitrogen and oxygen atoms in total. The molecule has 0 aliphatic heterocycles. The minimum absolute atomic E-state index is 0.0146. The lowest BCUT2D eigenvalue weighted by molar-refractivity contribution is 0.0574. The fraction of sp³-hybridized carbons (Fsp3) is 1.00. The van der Waals surface area contributed by atoms with Crippen molar-refractivity contribution in [2.75, 3.05) is 27.2 Å². The Balaban J connectivity index is 4.77. The Morgan fingerprint density at radius 1 is 1.07 bits per heavy atom. The van der Waals surface area contributed by atoms with Crippen LogP contribution in [0.4, 0.5) is 0 Å². The van der Waals surface area contributed by atoms with Crippen molar-refractivity contribution in [1.29, 1.82) is 0 Å². The monoisotopic (exact) mass is 230 g/mol. The molecule has 0 radical (unpaired) electrons. The summed E-state index contributed by atoms with van der Waals surface area (Å²) in [6, 6.07) is 1.40. The number of hydrogen-bond donors (Lipinski definition) is 0. The molecule has 0 aliphatic rings. The summed E-state index contributed by atoms with van der Waals surface area (Å²) in [5.41, 5.74) is 0. The summed E-state index contributed by atoms with van der Waals surface area (Å²) in [5, 5.41) is 0.504. The van der Waals surface area contributed by atoms with Crippen molar-refractivity contribution >= 4 is 9.52 Å². The van der Waals surface area contributed by atoms with Crippen LogP contribution in [0.15, 0.2) is 0 Å². The normalized spacial score (nSPS) is 15.8. The Hall–Kier alpha value is 0.137. The maximum atomic E-state index is 2.59. The van der Waals surface area contributed by atoms with Crippen molar-refractivity contribution in [3.8, 4) is 0 Å². The molecule has 0 N–H and O–H groups in total. The fourth-order valence-corrected chi connectivity index (χ4v) is 5.03. The summed E-state index contributed by atoms with van der Waals surface area (Å²) >= 11 is 0. The molecule has 0 spiro atoms. The molecule has 3 heteroatoms. The topological polar surface area (TPSA) is 6.48 Å². The molecular formula is C12H30N2Si. The summed E-state index contributed by atoms with van der Waals surface area (Å²) in [5.74, 6) is 0. The van der Waals surface area contributed by atoms with E-state index in [2.05, 4.69) is 58.5 Å². The Labute approximate surface area is 98.8 Å². The lowest BCUT2D eigenvalue weighted by atomic mass is 10.1. The van der Waals surface area contributed by atoms with Gasteiger partial charge in [-0.1, -0.05) is 40.7 Å². The first-order valence-corrected chi connectivity index (χ1v) is 8.01. The molecule has 0 fully saturated rings. The molecule has 15 heavy (non-hydrogen) atoms. The van der Waals surface area contributed by atoms with Crippen LogP contribution < -0.4 is 0 Å². The van der Waals surface area contributed by atoms with E-state index in [1.54, 1.807) is 0 Å². The van der Waals surface area contributed by atoms with Gasteiger partial charge in [-0.25, -0.2) is 0 Å². The summed E-state index contributed by atoms with van der Waals surface area (Å²) in [6.07, 6.45) is 0.610. The quantitative estimate of drug-likeness (QED) is 0.488. The largest absolute Gasteiger partial charge is 0.294 e.